The van der Waals surface area contributed by atoms with Crippen molar-refractivity contribution in [2.24, 2.45) is 10.7 Å². The minimum Gasteiger partial charge on any atom is -0.390 e. The van der Waals surface area contributed by atoms with E-state index in [-0.39, 0.29) is 27.8 Å². The fourth-order valence-electron chi connectivity index (χ4n) is 1.97. The molecule has 0 aromatic heterocycles. The monoisotopic (exact) mass is 326 g/mol. The standard InChI is InChI=1S/C14H10ClF3N4/c1-2-11-9-3-7(14(16,17)18)4-10(15)13(9)22-12(21-11)5-8(20)6-19/h2-5,11H,1,20H2,(H,21,22). The molecule has 22 heavy (non-hydrogen) atoms. The molecule has 1 heterocycles. The van der Waals surface area contributed by atoms with Gasteiger partial charge in [-0.05, 0) is 12.1 Å². The van der Waals surface area contributed by atoms with Crippen molar-refractivity contribution in [2.45, 2.75) is 12.2 Å². The number of benzene rings is 1. The lowest BCUT2D eigenvalue weighted by Gasteiger charge is -2.24. The Bertz CT molecular complexity index is 729. The summed E-state index contributed by atoms with van der Waals surface area (Å²) < 4.78 is 38.6. The van der Waals surface area contributed by atoms with Gasteiger partial charge >= 0.3 is 6.18 Å². The number of amidine groups is 1. The number of nitrogens with two attached hydrogens (primary N) is 1. The van der Waals surface area contributed by atoms with E-state index in [1.165, 1.54) is 12.2 Å². The summed E-state index contributed by atoms with van der Waals surface area (Å²) in [5, 5.41) is 11.3. The SMILES string of the molecule is C=CC1N=C(C=C(N)C#N)Nc2c(Cl)cc(C(F)(F)F)cc21. The number of fused-ring (bicyclic) bond motifs is 1. The van der Waals surface area contributed by atoms with Crippen LogP contribution in [0.3, 0.4) is 0 Å². The number of aliphatic imine (C=N–C) groups is 1. The molecule has 4 nitrogen and oxygen atoms in total. The van der Waals surface area contributed by atoms with Crippen LogP contribution in [0.2, 0.25) is 5.02 Å². The highest BCUT2D eigenvalue weighted by atomic mass is 35.5. The predicted octanol–water partition coefficient (Wildman–Crippen LogP) is 3.78. The molecule has 1 unspecified atom stereocenters. The molecule has 2 rings (SSSR count). The first-order valence-electron chi connectivity index (χ1n) is 6.01. The largest absolute Gasteiger partial charge is 0.416 e. The van der Waals surface area contributed by atoms with Crippen molar-refractivity contribution in [1.29, 1.82) is 5.26 Å². The molecule has 114 valence electrons. The molecule has 1 aliphatic heterocycles. The molecule has 0 aliphatic carbocycles. The minimum atomic E-state index is -4.51. The lowest BCUT2D eigenvalue weighted by molar-refractivity contribution is -0.137. The first-order valence-corrected chi connectivity index (χ1v) is 6.39. The summed E-state index contributed by atoms with van der Waals surface area (Å²) in [6.07, 6.45) is -1.86. The number of nitrogens with one attached hydrogen (secondary N) is 1. The summed E-state index contributed by atoms with van der Waals surface area (Å²) in [4.78, 5) is 4.15. The summed E-state index contributed by atoms with van der Waals surface area (Å²) in [7, 11) is 0. The fraction of sp³-hybridized carbons (Fsp3) is 0.143. The second-order valence-electron chi connectivity index (χ2n) is 4.45. The zero-order valence-corrected chi connectivity index (χ0v) is 11.8. The number of hydrogen-bond acceptors (Lipinski definition) is 4. The maximum atomic E-state index is 12.9. The van der Waals surface area contributed by atoms with E-state index in [2.05, 4.69) is 16.9 Å². The zero-order chi connectivity index (χ0) is 16.5. The zero-order valence-electron chi connectivity index (χ0n) is 11.1. The van der Waals surface area contributed by atoms with Crippen molar-refractivity contribution in [3.05, 3.63) is 52.7 Å². The summed E-state index contributed by atoms with van der Waals surface area (Å²) in [5.41, 5.74) is 4.98. The molecule has 1 aromatic rings. The van der Waals surface area contributed by atoms with E-state index in [1.54, 1.807) is 6.07 Å². The Balaban J connectivity index is 2.56. The summed E-state index contributed by atoms with van der Waals surface area (Å²) in [6, 6.07) is 2.79. The molecule has 0 spiro atoms. The average molecular weight is 327 g/mol. The molecule has 0 saturated heterocycles. The van der Waals surface area contributed by atoms with Crippen LogP contribution in [0, 0.1) is 11.3 Å². The number of anilines is 1. The van der Waals surface area contributed by atoms with Crippen molar-refractivity contribution >= 4 is 23.1 Å². The summed E-state index contributed by atoms with van der Waals surface area (Å²) in [5.74, 6) is 0.220. The first-order chi connectivity index (χ1) is 10.3. The Morgan fingerprint density at radius 2 is 2.18 bits per heavy atom. The molecule has 1 aromatic carbocycles. The van der Waals surface area contributed by atoms with Crippen LogP contribution in [-0.2, 0) is 6.18 Å². The normalized spacial score (nSPS) is 17.9. The van der Waals surface area contributed by atoms with Crippen LogP contribution in [0.15, 0.2) is 41.6 Å². The Labute approximate surface area is 129 Å². The van der Waals surface area contributed by atoms with Crippen LogP contribution in [-0.4, -0.2) is 5.84 Å². The molecule has 3 N–H and O–H groups in total. The second kappa shape index (κ2) is 5.73. The van der Waals surface area contributed by atoms with Gasteiger partial charge in [-0.25, -0.2) is 0 Å². The van der Waals surface area contributed by atoms with Crippen molar-refractivity contribution in [1.82, 2.24) is 0 Å². The third-order valence-corrected chi connectivity index (χ3v) is 3.24. The molecule has 0 saturated carbocycles. The van der Waals surface area contributed by atoms with Gasteiger partial charge in [0.2, 0.25) is 0 Å². The van der Waals surface area contributed by atoms with Gasteiger partial charge in [0.25, 0.3) is 0 Å². The highest BCUT2D eigenvalue weighted by Gasteiger charge is 2.33. The maximum absolute atomic E-state index is 12.9. The number of nitriles is 1. The third kappa shape index (κ3) is 3.07. The van der Waals surface area contributed by atoms with Gasteiger partial charge in [-0.3, -0.25) is 4.99 Å². The molecular weight excluding hydrogens is 317 g/mol. The molecule has 0 bridgehead atoms. The Morgan fingerprint density at radius 3 is 2.73 bits per heavy atom. The maximum Gasteiger partial charge on any atom is 0.416 e. The van der Waals surface area contributed by atoms with E-state index in [9.17, 15) is 13.2 Å². The number of alkyl halides is 3. The molecule has 0 fully saturated rings. The van der Waals surface area contributed by atoms with Gasteiger partial charge in [0, 0.05) is 11.6 Å². The van der Waals surface area contributed by atoms with E-state index >= 15 is 0 Å². The van der Waals surface area contributed by atoms with Crippen LogP contribution in [0.1, 0.15) is 17.2 Å². The second-order valence-corrected chi connectivity index (χ2v) is 4.86. The summed E-state index contributed by atoms with van der Waals surface area (Å²) in [6.45, 7) is 3.56. The number of rotatable bonds is 2. The van der Waals surface area contributed by atoms with Crippen LogP contribution in [0.4, 0.5) is 18.9 Å². The smallest absolute Gasteiger partial charge is 0.390 e. The molecule has 1 aliphatic rings. The van der Waals surface area contributed by atoms with Crippen molar-refractivity contribution in [3.63, 3.8) is 0 Å². The van der Waals surface area contributed by atoms with Gasteiger partial charge in [-0.15, -0.1) is 6.58 Å². The van der Waals surface area contributed by atoms with Crippen LogP contribution < -0.4 is 11.1 Å². The highest BCUT2D eigenvalue weighted by Crippen LogP contribution is 2.41. The molecular formula is C14H10ClF3N4. The topological polar surface area (TPSA) is 74.2 Å². The van der Waals surface area contributed by atoms with Gasteiger partial charge in [0.1, 0.15) is 17.6 Å². The number of hydrogen-bond donors (Lipinski definition) is 2. The van der Waals surface area contributed by atoms with Crippen molar-refractivity contribution in [2.75, 3.05) is 5.32 Å². The Hall–Kier alpha value is -2.46. The summed E-state index contributed by atoms with van der Waals surface area (Å²) >= 11 is 5.94. The van der Waals surface area contributed by atoms with Crippen LogP contribution in [0.5, 0.6) is 0 Å². The predicted molar refractivity (Wildman–Crippen MR) is 78.3 cm³/mol. The van der Waals surface area contributed by atoms with Gasteiger partial charge in [0.05, 0.1) is 22.3 Å². The third-order valence-electron chi connectivity index (χ3n) is 2.94. The van der Waals surface area contributed by atoms with Crippen LogP contribution in [0.25, 0.3) is 0 Å². The van der Waals surface area contributed by atoms with Gasteiger partial charge in [-0.1, -0.05) is 17.7 Å². The van der Waals surface area contributed by atoms with E-state index in [1.807, 2.05) is 0 Å². The van der Waals surface area contributed by atoms with Gasteiger partial charge in [-0.2, -0.15) is 18.4 Å². The molecule has 0 amide bonds. The number of nitrogens with zero attached hydrogens (tertiary/aromatic N) is 2. The lowest BCUT2D eigenvalue weighted by Crippen LogP contribution is -2.20. The van der Waals surface area contributed by atoms with Crippen molar-refractivity contribution < 1.29 is 13.2 Å². The Morgan fingerprint density at radius 1 is 1.50 bits per heavy atom. The van der Waals surface area contributed by atoms with E-state index in [0.717, 1.165) is 12.1 Å². The van der Waals surface area contributed by atoms with Crippen LogP contribution >= 0.6 is 11.6 Å². The molecule has 1 atom stereocenters. The molecule has 0 radical (unpaired) electrons. The van der Waals surface area contributed by atoms with E-state index in [4.69, 9.17) is 22.6 Å². The first kappa shape index (κ1) is 15.9. The Kier molecular flexibility index (Phi) is 4.15. The van der Waals surface area contributed by atoms with Gasteiger partial charge in [0.15, 0.2) is 0 Å². The van der Waals surface area contributed by atoms with E-state index < -0.39 is 17.8 Å². The van der Waals surface area contributed by atoms with Gasteiger partial charge < -0.3 is 11.1 Å². The highest BCUT2D eigenvalue weighted by molar-refractivity contribution is 6.34. The van der Waals surface area contributed by atoms with Crippen molar-refractivity contribution in [3.8, 4) is 6.07 Å². The minimum absolute atomic E-state index is 0.0967. The fourth-order valence-corrected chi connectivity index (χ4v) is 2.24. The number of allylic oxidation sites excluding steroid dienone is 1. The average Bonchev–Trinajstić information content (AvgIpc) is 2.45. The number of halogens is 4. The molecule has 8 heteroatoms. The van der Waals surface area contributed by atoms with E-state index in [0.29, 0.717) is 0 Å². The lowest BCUT2D eigenvalue weighted by atomic mass is 9.99. The quantitative estimate of drug-likeness (QED) is 0.641.